The summed E-state index contributed by atoms with van der Waals surface area (Å²) in [6.07, 6.45) is 8.67. The Kier molecular flexibility index (Phi) is 5.32. The van der Waals surface area contributed by atoms with Crippen LogP contribution in [-0.4, -0.2) is 12.1 Å². The highest BCUT2D eigenvalue weighted by Crippen LogP contribution is 2.16. The normalized spacial score (nSPS) is 11.4. The van der Waals surface area contributed by atoms with Gasteiger partial charge in [-0.05, 0) is 36.8 Å². The molecule has 0 fully saturated rings. The van der Waals surface area contributed by atoms with Crippen LogP contribution < -0.4 is 5.43 Å². The molecule has 0 atom stereocenters. The molecule has 1 N–H and O–H groups in total. The number of aryl methyl sites for hydroxylation is 1. The molecule has 0 aliphatic rings. The van der Waals surface area contributed by atoms with Gasteiger partial charge in [0, 0.05) is 16.5 Å². The first kappa shape index (κ1) is 14.3. The van der Waals surface area contributed by atoms with E-state index in [9.17, 15) is 4.79 Å². The molecule has 0 saturated heterocycles. The lowest BCUT2D eigenvalue weighted by atomic mass is 10.2. The molecular formula is C15H16N2O2S. The van der Waals surface area contributed by atoms with E-state index in [0.29, 0.717) is 5.56 Å². The minimum atomic E-state index is -0.189. The Morgan fingerprint density at radius 3 is 3.20 bits per heavy atom. The van der Waals surface area contributed by atoms with Crippen molar-refractivity contribution in [3.8, 4) is 0 Å². The predicted molar refractivity (Wildman–Crippen MR) is 82.0 cm³/mol. The standard InChI is InChI=1S/C15H16N2O2S/c1-2-5-14-10-12(11-20-14)15(18)17-16-8-3-6-13-7-4-9-19-13/h3-4,6-11H,2,5H2,1H3,(H,17,18)/b6-3+,16-8+. The van der Waals surface area contributed by atoms with Crippen LogP contribution in [0.2, 0.25) is 0 Å². The van der Waals surface area contributed by atoms with Crippen molar-refractivity contribution in [1.82, 2.24) is 5.43 Å². The highest BCUT2D eigenvalue weighted by Gasteiger charge is 2.06. The third-order valence-corrected chi connectivity index (χ3v) is 3.54. The van der Waals surface area contributed by atoms with Crippen LogP contribution in [0, 0.1) is 0 Å². The monoisotopic (exact) mass is 288 g/mol. The van der Waals surface area contributed by atoms with Gasteiger partial charge in [-0.3, -0.25) is 4.79 Å². The average Bonchev–Trinajstić information content (AvgIpc) is 3.10. The molecule has 0 radical (unpaired) electrons. The maximum atomic E-state index is 11.8. The quantitative estimate of drug-likeness (QED) is 0.650. The summed E-state index contributed by atoms with van der Waals surface area (Å²) in [4.78, 5) is 13.0. The van der Waals surface area contributed by atoms with E-state index in [1.54, 1.807) is 29.8 Å². The lowest BCUT2D eigenvalue weighted by Gasteiger charge is -1.94. The summed E-state index contributed by atoms with van der Waals surface area (Å²) in [5.41, 5.74) is 3.15. The zero-order chi connectivity index (χ0) is 14.2. The summed E-state index contributed by atoms with van der Waals surface area (Å²) in [6, 6.07) is 5.56. The van der Waals surface area contributed by atoms with Crippen molar-refractivity contribution in [2.45, 2.75) is 19.8 Å². The second kappa shape index (κ2) is 7.45. The molecule has 0 spiro atoms. The number of rotatable bonds is 6. The van der Waals surface area contributed by atoms with E-state index in [1.807, 2.05) is 23.6 Å². The van der Waals surface area contributed by atoms with E-state index >= 15 is 0 Å². The molecule has 0 aromatic carbocycles. The molecule has 1 amide bonds. The number of allylic oxidation sites excluding steroid dienone is 1. The number of nitrogens with one attached hydrogen (secondary N) is 1. The molecular weight excluding hydrogens is 272 g/mol. The zero-order valence-corrected chi connectivity index (χ0v) is 12.0. The van der Waals surface area contributed by atoms with Gasteiger partial charge < -0.3 is 4.42 Å². The minimum Gasteiger partial charge on any atom is -0.465 e. The average molecular weight is 288 g/mol. The van der Waals surface area contributed by atoms with E-state index in [0.717, 1.165) is 18.6 Å². The first-order valence-electron chi connectivity index (χ1n) is 6.40. The smallest absolute Gasteiger partial charge is 0.272 e. The van der Waals surface area contributed by atoms with Gasteiger partial charge in [-0.1, -0.05) is 13.3 Å². The Hall–Kier alpha value is -2.14. The molecule has 5 heteroatoms. The van der Waals surface area contributed by atoms with Gasteiger partial charge in [0.1, 0.15) is 5.76 Å². The highest BCUT2D eigenvalue weighted by atomic mass is 32.1. The number of amides is 1. The molecule has 2 rings (SSSR count). The third kappa shape index (κ3) is 4.20. The fourth-order valence-corrected chi connectivity index (χ4v) is 2.58. The fourth-order valence-electron chi connectivity index (χ4n) is 1.60. The van der Waals surface area contributed by atoms with Gasteiger partial charge >= 0.3 is 0 Å². The van der Waals surface area contributed by atoms with Gasteiger partial charge in [0.15, 0.2) is 0 Å². The van der Waals surface area contributed by atoms with E-state index in [1.165, 1.54) is 11.1 Å². The molecule has 2 aromatic heterocycles. The van der Waals surface area contributed by atoms with Crippen LogP contribution in [0.5, 0.6) is 0 Å². The second-order valence-electron chi connectivity index (χ2n) is 4.15. The zero-order valence-electron chi connectivity index (χ0n) is 11.2. The van der Waals surface area contributed by atoms with Crippen molar-refractivity contribution in [1.29, 1.82) is 0 Å². The summed E-state index contributed by atoms with van der Waals surface area (Å²) >= 11 is 1.61. The van der Waals surface area contributed by atoms with Crippen molar-refractivity contribution in [3.63, 3.8) is 0 Å². The molecule has 0 bridgehead atoms. The number of thiophene rings is 1. The predicted octanol–water partition coefficient (Wildman–Crippen LogP) is 3.72. The Bertz CT molecular complexity index is 597. The van der Waals surface area contributed by atoms with Crippen molar-refractivity contribution in [3.05, 3.63) is 52.1 Å². The first-order valence-corrected chi connectivity index (χ1v) is 7.28. The van der Waals surface area contributed by atoms with E-state index in [4.69, 9.17) is 4.42 Å². The largest absolute Gasteiger partial charge is 0.465 e. The summed E-state index contributed by atoms with van der Waals surface area (Å²) < 4.78 is 5.12. The van der Waals surface area contributed by atoms with Gasteiger partial charge in [-0.15, -0.1) is 11.3 Å². The van der Waals surface area contributed by atoms with E-state index < -0.39 is 0 Å². The molecule has 2 aromatic rings. The third-order valence-electron chi connectivity index (χ3n) is 2.54. The molecule has 0 saturated carbocycles. The van der Waals surface area contributed by atoms with Crippen LogP contribution in [0.3, 0.4) is 0 Å². The van der Waals surface area contributed by atoms with Crippen LogP contribution >= 0.6 is 11.3 Å². The summed E-state index contributed by atoms with van der Waals surface area (Å²) in [5, 5.41) is 5.71. The van der Waals surface area contributed by atoms with Crippen molar-refractivity contribution in [2.75, 3.05) is 0 Å². The molecule has 0 aliphatic carbocycles. The first-order chi connectivity index (χ1) is 9.79. The van der Waals surface area contributed by atoms with Crippen molar-refractivity contribution in [2.24, 2.45) is 5.10 Å². The van der Waals surface area contributed by atoms with Crippen LogP contribution in [0.15, 0.2) is 45.4 Å². The van der Waals surface area contributed by atoms with E-state index in [-0.39, 0.29) is 5.91 Å². The summed E-state index contributed by atoms with van der Waals surface area (Å²) in [5.74, 6) is 0.552. The van der Waals surface area contributed by atoms with Crippen molar-refractivity contribution < 1.29 is 9.21 Å². The van der Waals surface area contributed by atoms with Crippen molar-refractivity contribution >= 4 is 29.5 Å². The number of nitrogens with zero attached hydrogens (tertiary/aromatic N) is 1. The van der Waals surface area contributed by atoms with Crippen LogP contribution in [0.25, 0.3) is 6.08 Å². The fraction of sp³-hybridized carbons (Fsp3) is 0.200. The van der Waals surface area contributed by atoms with Crippen LogP contribution in [0.4, 0.5) is 0 Å². The van der Waals surface area contributed by atoms with Gasteiger partial charge in [-0.25, -0.2) is 5.43 Å². The molecule has 0 unspecified atom stereocenters. The molecule has 4 nitrogen and oxygen atoms in total. The molecule has 104 valence electrons. The minimum absolute atomic E-state index is 0.189. The number of carbonyl (C=O) groups is 1. The van der Waals surface area contributed by atoms with Gasteiger partial charge in [0.2, 0.25) is 0 Å². The Labute approximate surface area is 121 Å². The molecule has 0 aliphatic heterocycles. The Morgan fingerprint density at radius 2 is 2.45 bits per heavy atom. The van der Waals surface area contributed by atoms with E-state index in [2.05, 4.69) is 17.5 Å². The maximum absolute atomic E-state index is 11.8. The number of furan rings is 1. The number of carbonyl (C=O) groups excluding carboxylic acids is 1. The Balaban J connectivity index is 1.82. The summed E-state index contributed by atoms with van der Waals surface area (Å²) in [7, 11) is 0. The van der Waals surface area contributed by atoms with Crippen LogP contribution in [0.1, 0.15) is 34.3 Å². The number of hydrogen-bond donors (Lipinski definition) is 1. The molecule has 2 heterocycles. The number of hydrazone groups is 1. The SMILES string of the molecule is CCCc1cc(C(=O)N/N=C/C=C/c2ccco2)cs1. The van der Waals surface area contributed by atoms with Gasteiger partial charge in [-0.2, -0.15) is 5.10 Å². The lowest BCUT2D eigenvalue weighted by Crippen LogP contribution is -2.16. The Morgan fingerprint density at radius 1 is 1.55 bits per heavy atom. The highest BCUT2D eigenvalue weighted by molar-refractivity contribution is 7.10. The maximum Gasteiger partial charge on any atom is 0.272 e. The number of hydrogen-bond acceptors (Lipinski definition) is 4. The van der Waals surface area contributed by atoms with Gasteiger partial charge in [0.25, 0.3) is 5.91 Å². The van der Waals surface area contributed by atoms with Gasteiger partial charge in [0.05, 0.1) is 11.8 Å². The topological polar surface area (TPSA) is 54.6 Å². The lowest BCUT2D eigenvalue weighted by molar-refractivity contribution is 0.0955. The summed E-state index contributed by atoms with van der Waals surface area (Å²) in [6.45, 7) is 2.12. The second-order valence-corrected chi connectivity index (χ2v) is 5.14. The molecule has 20 heavy (non-hydrogen) atoms. The van der Waals surface area contributed by atoms with Crippen LogP contribution in [-0.2, 0) is 6.42 Å².